The highest BCUT2D eigenvalue weighted by Gasteiger charge is 2.21. The predicted molar refractivity (Wildman–Crippen MR) is 74.6 cm³/mol. The van der Waals surface area contributed by atoms with E-state index in [9.17, 15) is 14.0 Å². The summed E-state index contributed by atoms with van der Waals surface area (Å²) in [6, 6.07) is 5.51. The number of carbonyl (C=O) groups is 2. The average Bonchev–Trinajstić information content (AvgIpc) is 2.48. The second-order valence-corrected chi connectivity index (χ2v) is 5.11. The highest BCUT2D eigenvalue weighted by Crippen LogP contribution is 2.23. The summed E-state index contributed by atoms with van der Waals surface area (Å²) in [7, 11) is 0. The van der Waals surface area contributed by atoms with Crippen LogP contribution in [0.1, 0.15) is 32.1 Å². The van der Waals surface area contributed by atoms with Crippen LogP contribution in [0, 0.1) is 11.7 Å². The monoisotopic (exact) mass is 278 g/mol. The lowest BCUT2D eigenvalue weighted by Gasteiger charge is -2.20. The normalized spacial score (nSPS) is 15.7. The molecule has 108 valence electrons. The number of rotatable bonds is 4. The molecule has 2 N–H and O–H groups in total. The molecule has 0 bridgehead atoms. The minimum absolute atomic E-state index is 0.0426. The van der Waals surface area contributed by atoms with Crippen molar-refractivity contribution in [3.8, 4) is 0 Å². The van der Waals surface area contributed by atoms with Gasteiger partial charge in [0.15, 0.2) is 0 Å². The van der Waals surface area contributed by atoms with E-state index in [1.165, 1.54) is 30.7 Å². The van der Waals surface area contributed by atoms with Crippen LogP contribution < -0.4 is 10.6 Å². The van der Waals surface area contributed by atoms with Crippen molar-refractivity contribution in [2.45, 2.75) is 32.1 Å². The first-order valence-corrected chi connectivity index (χ1v) is 6.98. The Morgan fingerprint density at radius 2 is 1.75 bits per heavy atom. The Hall–Kier alpha value is -1.91. The van der Waals surface area contributed by atoms with Gasteiger partial charge in [0.05, 0.1) is 6.54 Å². The molecule has 0 spiro atoms. The summed E-state index contributed by atoms with van der Waals surface area (Å²) < 4.78 is 12.7. The van der Waals surface area contributed by atoms with Gasteiger partial charge in [-0.1, -0.05) is 19.3 Å². The SMILES string of the molecule is O=C(CNC(=O)C1CCCCC1)Nc1ccc(F)cc1. The molecule has 1 aromatic rings. The zero-order valence-electron chi connectivity index (χ0n) is 11.3. The number of amides is 2. The molecule has 1 fully saturated rings. The number of hydrogen-bond acceptors (Lipinski definition) is 2. The summed E-state index contributed by atoms with van der Waals surface area (Å²) >= 11 is 0. The number of halogens is 1. The largest absolute Gasteiger partial charge is 0.347 e. The van der Waals surface area contributed by atoms with Crippen LogP contribution in [-0.4, -0.2) is 18.4 Å². The molecular weight excluding hydrogens is 259 g/mol. The van der Waals surface area contributed by atoms with Gasteiger partial charge in [-0.05, 0) is 37.1 Å². The van der Waals surface area contributed by atoms with Gasteiger partial charge in [0.25, 0.3) is 0 Å². The van der Waals surface area contributed by atoms with E-state index in [0.717, 1.165) is 25.7 Å². The van der Waals surface area contributed by atoms with Crippen LogP contribution in [0.15, 0.2) is 24.3 Å². The molecule has 5 heteroatoms. The molecule has 0 aromatic heterocycles. The first-order chi connectivity index (χ1) is 9.65. The van der Waals surface area contributed by atoms with Crippen LogP contribution in [0.2, 0.25) is 0 Å². The van der Waals surface area contributed by atoms with Crippen molar-refractivity contribution < 1.29 is 14.0 Å². The quantitative estimate of drug-likeness (QED) is 0.889. The molecule has 0 saturated heterocycles. The van der Waals surface area contributed by atoms with Crippen molar-refractivity contribution in [3.63, 3.8) is 0 Å². The maximum absolute atomic E-state index is 12.7. The van der Waals surface area contributed by atoms with E-state index in [-0.39, 0.29) is 30.1 Å². The lowest BCUT2D eigenvalue weighted by atomic mass is 9.89. The fourth-order valence-corrected chi connectivity index (χ4v) is 2.41. The van der Waals surface area contributed by atoms with Gasteiger partial charge in [0.2, 0.25) is 11.8 Å². The third kappa shape index (κ3) is 4.33. The van der Waals surface area contributed by atoms with Crippen LogP contribution in [0.25, 0.3) is 0 Å². The molecule has 0 atom stereocenters. The molecule has 2 rings (SSSR count). The lowest BCUT2D eigenvalue weighted by Crippen LogP contribution is -2.37. The van der Waals surface area contributed by atoms with Crippen molar-refractivity contribution in [1.82, 2.24) is 5.32 Å². The minimum Gasteiger partial charge on any atom is -0.347 e. The third-order valence-electron chi connectivity index (χ3n) is 3.53. The van der Waals surface area contributed by atoms with Crippen molar-refractivity contribution in [1.29, 1.82) is 0 Å². The Labute approximate surface area is 117 Å². The van der Waals surface area contributed by atoms with Gasteiger partial charge in [0.1, 0.15) is 5.82 Å². The van der Waals surface area contributed by atoms with Crippen LogP contribution in [0.5, 0.6) is 0 Å². The Morgan fingerprint density at radius 1 is 1.10 bits per heavy atom. The number of nitrogens with one attached hydrogen (secondary N) is 2. The molecule has 0 heterocycles. The molecular formula is C15H19FN2O2. The van der Waals surface area contributed by atoms with E-state index in [2.05, 4.69) is 10.6 Å². The van der Waals surface area contributed by atoms with Gasteiger partial charge < -0.3 is 10.6 Å². The first kappa shape index (κ1) is 14.5. The molecule has 1 aromatic carbocycles. The van der Waals surface area contributed by atoms with Gasteiger partial charge >= 0.3 is 0 Å². The Morgan fingerprint density at radius 3 is 2.40 bits per heavy atom. The molecule has 4 nitrogen and oxygen atoms in total. The maximum atomic E-state index is 12.7. The van der Waals surface area contributed by atoms with Gasteiger partial charge in [-0.3, -0.25) is 9.59 Å². The molecule has 1 aliphatic carbocycles. The fourth-order valence-electron chi connectivity index (χ4n) is 2.41. The zero-order chi connectivity index (χ0) is 14.4. The summed E-state index contributed by atoms with van der Waals surface area (Å²) in [5.74, 6) is -0.657. The van der Waals surface area contributed by atoms with Gasteiger partial charge in [-0.2, -0.15) is 0 Å². The standard InChI is InChI=1S/C15H19FN2O2/c16-12-6-8-13(9-7-12)18-14(19)10-17-15(20)11-4-2-1-3-5-11/h6-9,11H,1-5,10H2,(H,17,20)(H,18,19). The first-order valence-electron chi connectivity index (χ1n) is 6.98. The molecule has 1 aliphatic rings. The molecule has 0 aliphatic heterocycles. The molecule has 2 amide bonds. The molecule has 0 unspecified atom stereocenters. The number of benzene rings is 1. The predicted octanol–water partition coefficient (Wildman–Crippen LogP) is 2.46. The van der Waals surface area contributed by atoms with Gasteiger partial charge in [0, 0.05) is 11.6 Å². The Bertz CT molecular complexity index is 467. The summed E-state index contributed by atoms with van der Waals surface area (Å²) in [6.07, 6.45) is 5.17. The molecule has 1 saturated carbocycles. The van der Waals surface area contributed by atoms with E-state index < -0.39 is 0 Å². The summed E-state index contributed by atoms with van der Waals surface area (Å²) in [5, 5.41) is 5.27. The maximum Gasteiger partial charge on any atom is 0.243 e. The van der Waals surface area contributed by atoms with Crippen LogP contribution >= 0.6 is 0 Å². The lowest BCUT2D eigenvalue weighted by molar-refractivity contribution is -0.128. The van der Waals surface area contributed by atoms with E-state index in [1.54, 1.807) is 0 Å². The molecule has 0 radical (unpaired) electrons. The van der Waals surface area contributed by atoms with Crippen molar-refractivity contribution in [2.75, 3.05) is 11.9 Å². The number of carbonyl (C=O) groups excluding carboxylic acids is 2. The number of hydrogen-bond donors (Lipinski definition) is 2. The van der Waals surface area contributed by atoms with Crippen molar-refractivity contribution in [2.24, 2.45) is 5.92 Å². The Kier molecular flexibility index (Phi) is 5.09. The smallest absolute Gasteiger partial charge is 0.243 e. The van der Waals surface area contributed by atoms with Crippen LogP contribution in [-0.2, 0) is 9.59 Å². The highest BCUT2D eigenvalue weighted by atomic mass is 19.1. The summed E-state index contributed by atoms with van der Waals surface area (Å²) in [4.78, 5) is 23.5. The van der Waals surface area contributed by atoms with Gasteiger partial charge in [-0.15, -0.1) is 0 Å². The summed E-state index contributed by atoms with van der Waals surface area (Å²) in [6.45, 7) is -0.0489. The third-order valence-corrected chi connectivity index (χ3v) is 3.53. The number of anilines is 1. The second kappa shape index (κ2) is 7.03. The van der Waals surface area contributed by atoms with E-state index in [0.29, 0.717) is 5.69 Å². The second-order valence-electron chi connectivity index (χ2n) is 5.11. The van der Waals surface area contributed by atoms with E-state index >= 15 is 0 Å². The summed E-state index contributed by atoms with van der Waals surface area (Å²) in [5.41, 5.74) is 0.517. The zero-order valence-corrected chi connectivity index (χ0v) is 11.3. The fraction of sp³-hybridized carbons (Fsp3) is 0.467. The topological polar surface area (TPSA) is 58.2 Å². The average molecular weight is 278 g/mol. The Balaban J connectivity index is 1.74. The van der Waals surface area contributed by atoms with Crippen LogP contribution in [0.4, 0.5) is 10.1 Å². The van der Waals surface area contributed by atoms with Crippen LogP contribution in [0.3, 0.4) is 0 Å². The van der Waals surface area contributed by atoms with Crippen molar-refractivity contribution >= 4 is 17.5 Å². The molecule has 20 heavy (non-hydrogen) atoms. The van der Waals surface area contributed by atoms with Crippen molar-refractivity contribution in [3.05, 3.63) is 30.1 Å². The highest BCUT2D eigenvalue weighted by molar-refractivity contribution is 5.94. The van der Waals surface area contributed by atoms with Gasteiger partial charge in [-0.25, -0.2) is 4.39 Å². The van der Waals surface area contributed by atoms with E-state index in [4.69, 9.17) is 0 Å². The van der Waals surface area contributed by atoms with E-state index in [1.807, 2.05) is 0 Å². The minimum atomic E-state index is -0.353.